The summed E-state index contributed by atoms with van der Waals surface area (Å²) in [5.74, 6) is 0.296. The molecule has 0 saturated heterocycles. The molecular formula is C29H28N6O. The summed E-state index contributed by atoms with van der Waals surface area (Å²) < 4.78 is 0. The third-order valence-corrected chi connectivity index (χ3v) is 5.88. The Hall–Kier alpha value is -4.83. The van der Waals surface area contributed by atoms with Crippen molar-refractivity contribution in [3.05, 3.63) is 114 Å². The zero-order chi connectivity index (χ0) is 25.5. The van der Waals surface area contributed by atoms with Crippen LogP contribution in [0, 0.1) is 11.3 Å². The predicted molar refractivity (Wildman–Crippen MR) is 143 cm³/mol. The number of nitrogens with zero attached hydrogens (tertiary/aromatic N) is 2. The number of anilines is 1. The number of H-pyrrole nitrogens is 1. The zero-order valence-electron chi connectivity index (χ0n) is 20.1. The van der Waals surface area contributed by atoms with Gasteiger partial charge in [0.1, 0.15) is 5.82 Å². The first kappa shape index (κ1) is 24.3. The number of primary amides is 1. The van der Waals surface area contributed by atoms with E-state index in [1.165, 1.54) is 0 Å². The molecule has 0 radical (unpaired) electrons. The highest BCUT2D eigenvalue weighted by molar-refractivity contribution is 5.93. The first-order valence-corrected chi connectivity index (χ1v) is 11.7. The average Bonchev–Trinajstić information content (AvgIpc) is 3.39. The molecule has 7 heteroatoms. The van der Waals surface area contributed by atoms with Crippen molar-refractivity contribution in [1.29, 1.82) is 5.26 Å². The van der Waals surface area contributed by atoms with Crippen LogP contribution in [0.2, 0.25) is 0 Å². The summed E-state index contributed by atoms with van der Waals surface area (Å²) in [5, 5.41) is 16.2. The van der Waals surface area contributed by atoms with Crippen LogP contribution in [0.4, 0.5) is 5.69 Å². The van der Waals surface area contributed by atoms with Crippen LogP contribution in [0.15, 0.2) is 85.6 Å². The summed E-state index contributed by atoms with van der Waals surface area (Å²) >= 11 is 0. The monoisotopic (exact) mass is 476 g/mol. The molecule has 180 valence electrons. The Morgan fingerprint density at radius 1 is 1.14 bits per heavy atom. The maximum atomic E-state index is 11.4. The number of hydrogen-bond acceptors (Lipinski definition) is 5. The van der Waals surface area contributed by atoms with E-state index < -0.39 is 5.91 Å². The minimum atomic E-state index is -0.461. The highest BCUT2D eigenvalue weighted by Crippen LogP contribution is 2.27. The highest BCUT2D eigenvalue weighted by atomic mass is 16.1. The van der Waals surface area contributed by atoms with Crippen molar-refractivity contribution >= 4 is 17.3 Å². The van der Waals surface area contributed by atoms with Gasteiger partial charge in [0.25, 0.3) is 0 Å². The van der Waals surface area contributed by atoms with E-state index in [-0.39, 0.29) is 6.04 Å². The van der Waals surface area contributed by atoms with Crippen molar-refractivity contribution in [1.82, 2.24) is 15.3 Å². The van der Waals surface area contributed by atoms with Crippen LogP contribution in [-0.2, 0) is 6.42 Å². The van der Waals surface area contributed by atoms with Gasteiger partial charge in [-0.3, -0.25) is 4.79 Å². The zero-order valence-corrected chi connectivity index (χ0v) is 20.1. The van der Waals surface area contributed by atoms with E-state index in [4.69, 9.17) is 5.73 Å². The van der Waals surface area contributed by atoms with Crippen molar-refractivity contribution in [3.8, 4) is 17.3 Å². The number of rotatable bonds is 10. The molecule has 7 nitrogen and oxygen atoms in total. The van der Waals surface area contributed by atoms with Crippen LogP contribution >= 0.6 is 0 Å². The normalized spacial score (nSPS) is 11.3. The number of carbonyl (C=O) groups is 1. The van der Waals surface area contributed by atoms with Crippen molar-refractivity contribution in [2.45, 2.75) is 19.4 Å². The van der Waals surface area contributed by atoms with E-state index in [0.29, 0.717) is 17.5 Å². The third kappa shape index (κ3) is 5.62. The molecule has 36 heavy (non-hydrogen) atoms. The molecule has 0 aliphatic carbocycles. The second-order valence-corrected chi connectivity index (χ2v) is 8.39. The number of amides is 1. The number of aromatic amines is 1. The Morgan fingerprint density at radius 2 is 1.89 bits per heavy atom. The number of nitrogens with one attached hydrogen (secondary N) is 3. The first-order chi connectivity index (χ1) is 17.5. The Bertz CT molecular complexity index is 1400. The third-order valence-electron chi connectivity index (χ3n) is 5.88. The van der Waals surface area contributed by atoms with Crippen molar-refractivity contribution in [2.24, 2.45) is 5.73 Å². The van der Waals surface area contributed by atoms with E-state index in [0.717, 1.165) is 46.1 Å². The molecule has 1 amide bonds. The smallest absolute Gasteiger partial charge is 0.248 e. The molecule has 0 spiro atoms. The summed E-state index contributed by atoms with van der Waals surface area (Å²) in [6.07, 6.45) is 2.46. The van der Waals surface area contributed by atoms with Crippen LogP contribution in [0.1, 0.15) is 45.8 Å². The topological polar surface area (TPSA) is 120 Å². The van der Waals surface area contributed by atoms with Gasteiger partial charge >= 0.3 is 0 Å². The predicted octanol–water partition coefficient (Wildman–Crippen LogP) is 5.02. The van der Waals surface area contributed by atoms with Gasteiger partial charge in [-0.2, -0.15) is 5.26 Å². The molecule has 0 saturated carbocycles. The highest BCUT2D eigenvalue weighted by Gasteiger charge is 2.19. The van der Waals surface area contributed by atoms with Crippen LogP contribution in [-0.4, -0.2) is 22.4 Å². The summed E-state index contributed by atoms with van der Waals surface area (Å²) in [5.41, 5.74) is 11.8. The SMILES string of the molecule is C=C(N[C@@H](Cc1ccccc1)c1ncc(-c2ccc(C(N)=O)cc2)[nH]1)c1ccc(C#N)cc1NCC. The Balaban J connectivity index is 1.64. The first-order valence-electron chi connectivity index (χ1n) is 11.7. The van der Waals surface area contributed by atoms with Crippen LogP contribution < -0.4 is 16.4 Å². The van der Waals surface area contributed by atoms with E-state index in [2.05, 4.69) is 45.4 Å². The maximum Gasteiger partial charge on any atom is 0.248 e. The van der Waals surface area contributed by atoms with Crippen LogP contribution in [0.25, 0.3) is 17.0 Å². The van der Waals surface area contributed by atoms with Gasteiger partial charge in [-0.1, -0.05) is 49.0 Å². The number of imidazole rings is 1. The second-order valence-electron chi connectivity index (χ2n) is 8.39. The molecule has 0 aliphatic heterocycles. The molecule has 0 fully saturated rings. The molecule has 0 bridgehead atoms. The van der Waals surface area contributed by atoms with Gasteiger partial charge < -0.3 is 21.4 Å². The Kier molecular flexibility index (Phi) is 7.47. The molecule has 0 aliphatic rings. The quantitative estimate of drug-likeness (QED) is 0.256. The fourth-order valence-electron chi connectivity index (χ4n) is 4.04. The Morgan fingerprint density at radius 3 is 2.56 bits per heavy atom. The molecule has 4 aromatic rings. The van der Waals surface area contributed by atoms with E-state index in [1.54, 1.807) is 24.4 Å². The van der Waals surface area contributed by atoms with Gasteiger partial charge in [-0.15, -0.1) is 0 Å². The van der Waals surface area contributed by atoms with Crippen molar-refractivity contribution < 1.29 is 4.79 Å². The summed E-state index contributed by atoms with van der Waals surface area (Å²) in [6, 6.07) is 24.8. The summed E-state index contributed by atoms with van der Waals surface area (Å²) in [7, 11) is 0. The van der Waals surface area contributed by atoms with Crippen molar-refractivity contribution in [3.63, 3.8) is 0 Å². The minimum absolute atomic E-state index is 0.191. The second kappa shape index (κ2) is 11.1. The largest absolute Gasteiger partial charge is 0.385 e. The standard InChI is InChI=1S/C29H28N6O/c1-3-32-25-16-21(17-30)9-14-24(25)19(2)34-26(15-20-7-5-4-6-8-20)29-33-18-27(35-29)22-10-12-23(13-11-22)28(31)36/h4-14,16,18,26,32,34H,2-3,15H2,1H3,(H2,31,36)(H,33,35)/t26-/m0/s1. The average molecular weight is 477 g/mol. The number of nitriles is 1. The lowest BCUT2D eigenvalue weighted by Crippen LogP contribution is -2.23. The molecule has 1 atom stereocenters. The van der Waals surface area contributed by atoms with Gasteiger partial charge in [-0.05, 0) is 54.8 Å². The van der Waals surface area contributed by atoms with Crippen LogP contribution in [0.5, 0.6) is 0 Å². The van der Waals surface area contributed by atoms with E-state index in [1.807, 2.05) is 49.4 Å². The van der Waals surface area contributed by atoms with E-state index in [9.17, 15) is 10.1 Å². The number of aromatic nitrogens is 2. The van der Waals surface area contributed by atoms with Gasteiger partial charge in [-0.25, -0.2) is 4.98 Å². The van der Waals surface area contributed by atoms with Gasteiger partial charge in [0, 0.05) is 29.1 Å². The molecule has 1 heterocycles. The number of benzene rings is 3. The molecular weight excluding hydrogens is 448 g/mol. The molecule has 1 aromatic heterocycles. The van der Waals surface area contributed by atoms with E-state index >= 15 is 0 Å². The fraction of sp³-hybridized carbons (Fsp3) is 0.138. The fourth-order valence-corrected chi connectivity index (χ4v) is 4.04. The number of hydrogen-bond donors (Lipinski definition) is 4. The van der Waals surface area contributed by atoms with Crippen LogP contribution in [0.3, 0.4) is 0 Å². The molecule has 4 rings (SSSR count). The summed E-state index contributed by atoms with van der Waals surface area (Å²) in [6.45, 7) is 7.03. The lowest BCUT2D eigenvalue weighted by Gasteiger charge is -2.22. The van der Waals surface area contributed by atoms with Gasteiger partial charge in [0.05, 0.1) is 29.6 Å². The Labute approximate surface area is 210 Å². The minimum Gasteiger partial charge on any atom is -0.385 e. The number of carbonyl (C=O) groups excluding carboxylic acids is 1. The number of nitrogens with two attached hydrogens (primary N) is 1. The lowest BCUT2D eigenvalue weighted by atomic mass is 10.0. The molecule has 0 unspecified atom stereocenters. The maximum absolute atomic E-state index is 11.4. The molecule has 5 N–H and O–H groups in total. The van der Waals surface area contributed by atoms with Crippen molar-refractivity contribution in [2.75, 3.05) is 11.9 Å². The summed E-state index contributed by atoms with van der Waals surface area (Å²) in [4.78, 5) is 19.5. The molecule has 3 aromatic carbocycles. The van der Waals surface area contributed by atoms with Gasteiger partial charge in [0.15, 0.2) is 0 Å². The lowest BCUT2D eigenvalue weighted by molar-refractivity contribution is 0.100. The van der Waals surface area contributed by atoms with Gasteiger partial charge in [0.2, 0.25) is 5.91 Å².